The summed E-state index contributed by atoms with van der Waals surface area (Å²) in [6.45, 7) is 4.81. The molecule has 55 heavy (non-hydrogen) atoms. The summed E-state index contributed by atoms with van der Waals surface area (Å²) < 4.78 is 2.42. The fourth-order valence-corrected chi connectivity index (χ4v) is 9.79. The second-order valence-corrected chi connectivity index (χ2v) is 16.0. The standard InChI is InChI=1S/C53H42N2/c1-53(2)48-23-10-7-22-46(48)52-47(39-27-26-35-14-3-5-16-37(35)30-39)33-43(34-49(52)53)54(42-29-28-36-15-4-6-17-38(36)31-42)40-18-13-19-41(32-40)55-50-24-11-8-20-44(50)45-21-9-12-25-51(45)55/h4,6-13,15,17-34H,3,5,14,16H2,1-2H3. The molecule has 264 valence electrons. The van der Waals surface area contributed by atoms with Crippen molar-refractivity contribution in [3.05, 3.63) is 192 Å². The van der Waals surface area contributed by atoms with Gasteiger partial charge in [-0.2, -0.15) is 0 Å². The van der Waals surface area contributed by atoms with Crippen molar-refractivity contribution in [2.24, 2.45) is 0 Å². The number of nitrogens with zero attached hydrogens (tertiary/aromatic N) is 2. The largest absolute Gasteiger partial charge is 0.310 e. The lowest BCUT2D eigenvalue weighted by Crippen LogP contribution is -2.17. The first-order valence-electron chi connectivity index (χ1n) is 19.8. The van der Waals surface area contributed by atoms with Gasteiger partial charge >= 0.3 is 0 Å². The van der Waals surface area contributed by atoms with E-state index in [1.165, 1.54) is 102 Å². The van der Waals surface area contributed by atoms with Crippen LogP contribution < -0.4 is 4.90 Å². The average Bonchev–Trinajstić information content (AvgIpc) is 3.69. The summed E-state index contributed by atoms with van der Waals surface area (Å²) in [5.41, 5.74) is 18.0. The molecular formula is C53H42N2. The molecule has 1 heterocycles. The van der Waals surface area contributed by atoms with Crippen molar-refractivity contribution >= 4 is 49.6 Å². The molecule has 0 bridgehead atoms. The van der Waals surface area contributed by atoms with E-state index in [2.05, 4.69) is 193 Å². The van der Waals surface area contributed by atoms with Crippen LogP contribution in [0.5, 0.6) is 0 Å². The molecule has 0 radical (unpaired) electrons. The van der Waals surface area contributed by atoms with E-state index < -0.39 is 0 Å². The van der Waals surface area contributed by atoms with Crippen LogP contribution in [0.2, 0.25) is 0 Å². The number of hydrogen-bond donors (Lipinski definition) is 0. The molecule has 2 nitrogen and oxygen atoms in total. The fraction of sp³-hybridized carbons (Fsp3) is 0.132. The number of fused-ring (bicyclic) bond motifs is 8. The number of hydrogen-bond acceptors (Lipinski definition) is 1. The fourth-order valence-electron chi connectivity index (χ4n) is 9.79. The minimum Gasteiger partial charge on any atom is -0.310 e. The van der Waals surface area contributed by atoms with Gasteiger partial charge in [-0.05, 0) is 136 Å². The zero-order valence-electron chi connectivity index (χ0n) is 31.4. The molecule has 0 saturated heterocycles. The van der Waals surface area contributed by atoms with Gasteiger partial charge in [0.05, 0.1) is 11.0 Å². The molecule has 2 aliphatic carbocycles. The van der Waals surface area contributed by atoms with Gasteiger partial charge in [0.25, 0.3) is 0 Å². The Morgan fingerprint density at radius 1 is 0.473 bits per heavy atom. The highest BCUT2D eigenvalue weighted by atomic mass is 15.1. The lowest BCUT2D eigenvalue weighted by molar-refractivity contribution is 0.660. The highest BCUT2D eigenvalue weighted by molar-refractivity contribution is 6.09. The maximum Gasteiger partial charge on any atom is 0.0541 e. The van der Waals surface area contributed by atoms with Crippen LogP contribution in [0.15, 0.2) is 170 Å². The van der Waals surface area contributed by atoms with Crippen molar-refractivity contribution in [1.29, 1.82) is 0 Å². The summed E-state index contributed by atoms with van der Waals surface area (Å²) in [6, 6.07) is 63.6. The van der Waals surface area contributed by atoms with Gasteiger partial charge in [-0.1, -0.05) is 129 Å². The Kier molecular flexibility index (Phi) is 7.19. The Hall–Kier alpha value is -6.38. The van der Waals surface area contributed by atoms with E-state index in [0.717, 1.165) is 23.5 Å². The molecule has 11 rings (SSSR count). The molecule has 0 amide bonds. The monoisotopic (exact) mass is 706 g/mol. The van der Waals surface area contributed by atoms with Crippen molar-refractivity contribution in [3.8, 4) is 27.9 Å². The van der Waals surface area contributed by atoms with Crippen molar-refractivity contribution in [3.63, 3.8) is 0 Å². The van der Waals surface area contributed by atoms with Crippen molar-refractivity contribution in [2.75, 3.05) is 4.90 Å². The Morgan fingerprint density at radius 3 is 1.98 bits per heavy atom. The number of para-hydroxylation sites is 2. The molecular weight excluding hydrogens is 665 g/mol. The van der Waals surface area contributed by atoms with Crippen molar-refractivity contribution < 1.29 is 0 Å². The average molecular weight is 707 g/mol. The van der Waals surface area contributed by atoms with Crippen LogP contribution in [0.25, 0.3) is 60.5 Å². The van der Waals surface area contributed by atoms with Gasteiger partial charge in [-0.25, -0.2) is 0 Å². The Labute approximate surface area is 322 Å². The van der Waals surface area contributed by atoms with E-state index in [1.54, 1.807) is 0 Å². The summed E-state index contributed by atoms with van der Waals surface area (Å²) >= 11 is 0. The van der Waals surface area contributed by atoms with Gasteiger partial charge in [-0.3, -0.25) is 0 Å². The number of aromatic nitrogens is 1. The summed E-state index contributed by atoms with van der Waals surface area (Å²) in [5.74, 6) is 0. The van der Waals surface area contributed by atoms with Crippen LogP contribution in [0.4, 0.5) is 17.1 Å². The third kappa shape index (κ3) is 5.01. The van der Waals surface area contributed by atoms with Crippen LogP contribution in [0.1, 0.15) is 48.9 Å². The Bertz CT molecular complexity index is 2920. The number of benzene rings is 8. The smallest absolute Gasteiger partial charge is 0.0541 e. The molecule has 2 heteroatoms. The molecule has 0 unspecified atom stereocenters. The third-order valence-corrected chi connectivity index (χ3v) is 12.5. The normalized spacial score (nSPS) is 14.2. The van der Waals surface area contributed by atoms with Crippen molar-refractivity contribution in [2.45, 2.75) is 44.9 Å². The summed E-state index contributed by atoms with van der Waals surface area (Å²) in [7, 11) is 0. The maximum atomic E-state index is 2.51. The molecule has 0 saturated carbocycles. The van der Waals surface area contributed by atoms with E-state index in [-0.39, 0.29) is 5.41 Å². The van der Waals surface area contributed by atoms with Crippen LogP contribution in [0, 0.1) is 0 Å². The molecule has 2 aliphatic rings. The van der Waals surface area contributed by atoms with E-state index in [1.807, 2.05) is 0 Å². The maximum absolute atomic E-state index is 2.51. The first kappa shape index (κ1) is 32.1. The topological polar surface area (TPSA) is 8.17 Å². The minimum absolute atomic E-state index is 0.162. The Morgan fingerprint density at radius 2 is 1.16 bits per heavy atom. The summed E-state index contributed by atoms with van der Waals surface area (Å²) in [6.07, 6.45) is 4.89. The van der Waals surface area contributed by atoms with Gasteiger partial charge in [0.1, 0.15) is 0 Å². The van der Waals surface area contributed by atoms with Crippen LogP contribution in [-0.4, -0.2) is 4.57 Å². The van der Waals surface area contributed by atoms with Crippen LogP contribution in [0.3, 0.4) is 0 Å². The van der Waals surface area contributed by atoms with Crippen LogP contribution >= 0.6 is 0 Å². The second kappa shape index (κ2) is 12.3. The van der Waals surface area contributed by atoms with Gasteiger partial charge in [-0.15, -0.1) is 0 Å². The van der Waals surface area contributed by atoms with Crippen molar-refractivity contribution in [1.82, 2.24) is 4.57 Å². The summed E-state index contributed by atoms with van der Waals surface area (Å²) in [5, 5.41) is 5.01. The molecule has 1 aromatic heterocycles. The molecule has 0 spiro atoms. The predicted molar refractivity (Wildman–Crippen MR) is 233 cm³/mol. The molecule has 0 aliphatic heterocycles. The highest BCUT2D eigenvalue weighted by Gasteiger charge is 2.38. The molecule has 8 aromatic carbocycles. The lowest BCUT2D eigenvalue weighted by Gasteiger charge is -2.30. The summed E-state index contributed by atoms with van der Waals surface area (Å²) in [4.78, 5) is 2.49. The van der Waals surface area contributed by atoms with E-state index >= 15 is 0 Å². The second-order valence-electron chi connectivity index (χ2n) is 16.0. The number of anilines is 3. The lowest BCUT2D eigenvalue weighted by atomic mass is 9.81. The first-order valence-corrected chi connectivity index (χ1v) is 19.8. The minimum atomic E-state index is -0.162. The quantitative estimate of drug-likeness (QED) is 0.173. The third-order valence-electron chi connectivity index (χ3n) is 12.5. The van der Waals surface area contributed by atoms with Gasteiger partial charge in [0.15, 0.2) is 0 Å². The van der Waals surface area contributed by atoms with E-state index in [4.69, 9.17) is 0 Å². The van der Waals surface area contributed by atoms with Gasteiger partial charge in [0.2, 0.25) is 0 Å². The number of aryl methyl sites for hydroxylation is 2. The number of rotatable bonds is 5. The zero-order chi connectivity index (χ0) is 36.7. The predicted octanol–water partition coefficient (Wildman–Crippen LogP) is 14.3. The molecule has 0 N–H and O–H groups in total. The van der Waals surface area contributed by atoms with E-state index in [0.29, 0.717) is 0 Å². The Balaban J connectivity index is 1.18. The first-order chi connectivity index (χ1) is 27.0. The highest BCUT2D eigenvalue weighted by Crippen LogP contribution is 2.55. The zero-order valence-corrected chi connectivity index (χ0v) is 31.4. The molecule has 0 atom stereocenters. The van der Waals surface area contributed by atoms with Gasteiger partial charge in [0, 0.05) is 38.9 Å². The SMILES string of the molecule is CC1(C)c2ccccc2-c2c(-c3ccc4c(c3)CCCC4)cc(N(c3cccc(-n4c5ccccc5c5ccccc54)c3)c3ccc4ccccc4c3)cc21. The van der Waals surface area contributed by atoms with Gasteiger partial charge < -0.3 is 9.47 Å². The molecule has 0 fully saturated rings. The van der Waals surface area contributed by atoms with E-state index in [9.17, 15) is 0 Å². The van der Waals surface area contributed by atoms with Crippen LogP contribution in [-0.2, 0) is 18.3 Å². The molecule has 9 aromatic rings.